The van der Waals surface area contributed by atoms with Crippen LogP contribution in [0, 0.1) is 34.0 Å². The van der Waals surface area contributed by atoms with Gasteiger partial charge in [-0.3, -0.25) is 4.79 Å². The van der Waals surface area contributed by atoms with E-state index in [9.17, 15) is 15.0 Å². The Bertz CT molecular complexity index is 984. The number of Topliss-reactive ketones (excluding diaryl/α,β-unsaturated/α-hetero) is 1. The zero-order chi connectivity index (χ0) is 21.8. The number of hydrogen-bond acceptors (Lipinski definition) is 7. The summed E-state index contributed by atoms with van der Waals surface area (Å²) in [7, 11) is 0. The van der Waals surface area contributed by atoms with Crippen molar-refractivity contribution in [1.82, 2.24) is 4.98 Å². The van der Waals surface area contributed by atoms with Gasteiger partial charge < -0.3 is 24.1 Å². The van der Waals surface area contributed by atoms with Gasteiger partial charge in [-0.15, -0.1) is 0 Å². The lowest BCUT2D eigenvalue weighted by molar-refractivity contribution is -0.451. The second-order valence-corrected chi connectivity index (χ2v) is 10.7. The number of ether oxygens (including phenoxy) is 2. The van der Waals surface area contributed by atoms with E-state index in [1.165, 1.54) is 12.6 Å². The molecule has 2 spiro atoms. The van der Waals surface area contributed by atoms with Gasteiger partial charge in [-0.2, -0.15) is 0 Å². The molecule has 6 aliphatic rings. The number of nitrogens with zero attached hydrogens (tertiary/aromatic N) is 1. The lowest BCUT2D eigenvalue weighted by Crippen LogP contribution is -2.83. The smallest absolute Gasteiger partial charge is 0.211 e. The molecule has 5 fully saturated rings. The van der Waals surface area contributed by atoms with Crippen LogP contribution in [0.25, 0.3) is 0 Å². The first-order valence-electron chi connectivity index (χ1n) is 11.1. The van der Waals surface area contributed by atoms with Crippen LogP contribution in [0.4, 0.5) is 0 Å². The number of carbonyl (C=O) groups is 1. The summed E-state index contributed by atoms with van der Waals surface area (Å²) in [6.45, 7) is 8.68. The molecule has 31 heavy (non-hydrogen) atoms. The number of aromatic nitrogens is 1. The predicted molar refractivity (Wildman–Crippen MR) is 108 cm³/mol. The molecule has 4 bridgehead atoms. The molecule has 7 rings (SSSR count). The van der Waals surface area contributed by atoms with Crippen molar-refractivity contribution in [2.45, 2.75) is 57.7 Å². The molecule has 1 aromatic rings. The molecule has 8 atom stereocenters. The molecule has 1 aromatic heterocycles. The Kier molecular flexibility index (Phi) is 3.81. The Morgan fingerprint density at radius 1 is 1.29 bits per heavy atom. The van der Waals surface area contributed by atoms with Crippen molar-refractivity contribution in [3.8, 4) is 0 Å². The number of rotatable bonds is 3. The van der Waals surface area contributed by atoms with E-state index in [2.05, 4.69) is 37.6 Å². The standard InChI is InChI=1S/C24H29NO6/c1-13-15-5-6-16-22-8-4-7-21(2,3)17(22)20(28)24(31-11-22,23(16,18(13)26)19(15)27)30-10-14-9-25-12-29-14/h4,8-9,12,15-17,19-20,27-28H,1,5-7,10-11H2,2-3H3/t15-,16-,17+,19+,20-,22+,23-,24+/m0/s1. The predicted octanol–water partition coefficient (Wildman–Crippen LogP) is 2.39. The molecule has 7 heteroatoms. The quantitative estimate of drug-likeness (QED) is 0.564. The van der Waals surface area contributed by atoms with Crippen LogP contribution in [-0.2, 0) is 20.9 Å². The Hall–Kier alpha value is -1.80. The topological polar surface area (TPSA) is 102 Å². The van der Waals surface area contributed by atoms with Crippen molar-refractivity contribution in [1.29, 1.82) is 0 Å². The van der Waals surface area contributed by atoms with Gasteiger partial charge in [-0.25, -0.2) is 4.98 Å². The van der Waals surface area contributed by atoms with Gasteiger partial charge in [0.05, 0.1) is 18.9 Å². The minimum Gasteiger partial charge on any atom is -0.446 e. The van der Waals surface area contributed by atoms with Gasteiger partial charge in [0, 0.05) is 17.3 Å². The first-order chi connectivity index (χ1) is 14.7. The minimum atomic E-state index is -1.67. The Labute approximate surface area is 181 Å². The lowest BCUT2D eigenvalue weighted by atomic mass is 9.37. The number of allylic oxidation sites excluding steroid dienone is 1. The summed E-state index contributed by atoms with van der Waals surface area (Å²) in [4.78, 5) is 17.8. The largest absolute Gasteiger partial charge is 0.446 e. The number of hydrogen-bond donors (Lipinski definition) is 2. The third-order valence-electron chi connectivity index (χ3n) is 9.15. The van der Waals surface area contributed by atoms with Crippen LogP contribution in [0.1, 0.15) is 38.9 Å². The second-order valence-electron chi connectivity index (χ2n) is 10.7. The van der Waals surface area contributed by atoms with Crippen molar-refractivity contribution in [3.05, 3.63) is 42.7 Å². The highest BCUT2D eigenvalue weighted by Crippen LogP contribution is 2.76. The Morgan fingerprint density at radius 2 is 2.10 bits per heavy atom. The maximum atomic E-state index is 13.9. The summed E-state index contributed by atoms with van der Waals surface area (Å²) in [5.41, 5.74) is -1.72. The van der Waals surface area contributed by atoms with E-state index >= 15 is 0 Å². The molecule has 7 nitrogen and oxygen atoms in total. The number of fused-ring (bicyclic) bond motifs is 2. The molecule has 0 amide bonds. The fourth-order valence-electron chi connectivity index (χ4n) is 8.12. The van der Waals surface area contributed by atoms with Gasteiger partial charge in [0.25, 0.3) is 0 Å². The maximum Gasteiger partial charge on any atom is 0.211 e. The van der Waals surface area contributed by atoms with Crippen molar-refractivity contribution in [3.63, 3.8) is 0 Å². The van der Waals surface area contributed by atoms with E-state index in [1.807, 2.05) is 0 Å². The highest BCUT2D eigenvalue weighted by atomic mass is 16.7. The number of carbonyl (C=O) groups excluding carboxylic acids is 1. The van der Waals surface area contributed by atoms with Crippen LogP contribution in [0.5, 0.6) is 0 Å². The molecule has 2 aliphatic heterocycles. The molecule has 3 saturated carbocycles. The van der Waals surface area contributed by atoms with E-state index < -0.39 is 28.8 Å². The van der Waals surface area contributed by atoms with Crippen LogP contribution in [-0.4, -0.2) is 45.6 Å². The third kappa shape index (κ3) is 2.01. The van der Waals surface area contributed by atoms with Gasteiger partial charge in [-0.05, 0) is 36.2 Å². The van der Waals surface area contributed by atoms with E-state index in [1.54, 1.807) is 0 Å². The molecule has 0 aromatic carbocycles. The number of ketones is 1. The van der Waals surface area contributed by atoms with E-state index in [0.717, 1.165) is 12.8 Å². The van der Waals surface area contributed by atoms with Crippen molar-refractivity contribution in [2.75, 3.05) is 6.61 Å². The number of aliphatic hydroxyl groups is 2. The molecular weight excluding hydrogens is 398 g/mol. The first kappa shape index (κ1) is 19.9. The summed E-state index contributed by atoms with van der Waals surface area (Å²) in [6.07, 6.45) is 7.33. The summed E-state index contributed by atoms with van der Waals surface area (Å²) in [6, 6.07) is 0. The second kappa shape index (κ2) is 5.95. The average molecular weight is 427 g/mol. The van der Waals surface area contributed by atoms with Gasteiger partial charge >= 0.3 is 0 Å². The number of oxazole rings is 1. The summed E-state index contributed by atoms with van der Waals surface area (Å²) < 4.78 is 18.1. The van der Waals surface area contributed by atoms with Gasteiger partial charge in [0.15, 0.2) is 12.2 Å². The van der Waals surface area contributed by atoms with E-state index in [4.69, 9.17) is 13.9 Å². The average Bonchev–Trinajstić information content (AvgIpc) is 3.28. The zero-order valence-electron chi connectivity index (χ0n) is 17.9. The summed E-state index contributed by atoms with van der Waals surface area (Å²) in [5, 5.41) is 23.6. The van der Waals surface area contributed by atoms with E-state index in [0.29, 0.717) is 24.4 Å². The molecular formula is C24H29NO6. The van der Waals surface area contributed by atoms with Crippen molar-refractivity contribution in [2.24, 2.45) is 34.0 Å². The van der Waals surface area contributed by atoms with Crippen molar-refractivity contribution >= 4 is 5.78 Å². The van der Waals surface area contributed by atoms with Gasteiger partial charge in [0.1, 0.15) is 23.9 Å². The molecule has 4 aliphatic carbocycles. The van der Waals surface area contributed by atoms with Gasteiger partial charge in [0.2, 0.25) is 5.79 Å². The number of aliphatic hydroxyl groups excluding tert-OH is 2. The highest BCUT2D eigenvalue weighted by Gasteiger charge is 2.86. The fourth-order valence-corrected chi connectivity index (χ4v) is 8.12. The monoisotopic (exact) mass is 427 g/mol. The van der Waals surface area contributed by atoms with E-state index in [-0.39, 0.29) is 35.6 Å². The van der Waals surface area contributed by atoms with Crippen LogP contribution < -0.4 is 0 Å². The molecule has 166 valence electrons. The first-order valence-corrected chi connectivity index (χ1v) is 11.1. The van der Waals surface area contributed by atoms with Crippen molar-refractivity contribution < 1.29 is 28.9 Å². The molecule has 2 saturated heterocycles. The summed E-state index contributed by atoms with van der Waals surface area (Å²) >= 11 is 0. The third-order valence-corrected chi connectivity index (χ3v) is 9.15. The van der Waals surface area contributed by atoms with Gasteiger partial charge in [-0.1, -0.05) is 32.6 Å². The SMILES string of the molecule is C=C1C(=O)[C@]23[C@H](O)[C@H]1CC[C@H]2[C@]12C=CCC(C)(C)[C@H]1[C@H](O)[C@@]3(OCc1cnco1)OC2. The summed E-state index contributed by atoms with van der Waals surface area (Å²) in [5.74, 6) is -2.14. The highest BCUT2D eigenvalue weighted by molar-refractivity contribution is 6.05. The maximum absolute atomic E-state index is 13.9. The lowest BCUT2D eigenvalue weighted by Gasteiger charge is -2.73. The molecule has 0 unspecified atom stereocenters. The Morgan fingerprint density at radius 3 is 2.84 bits per heavy atom. The minimum absolute atomic E-state index is 0.0152. The normalized spacial score (nSPS) is 49.2. The van der Waals surface area contributed by atoms with Crippen LogP contribution in [0.15, 0.2) is 41.3 Å². The van der Waals surface area contributed by atoms with Crippen LogP contribution in [0.3, 0.4) is 0 Å². The fraction of sp³-hybridized carbons (Fsp3) is 0.667. The van der Waals surface area contributed by atoms with Crippen LogP contribution >= 0.6 is 0 Å². The molecule has 2 N–H and O–H groups in total. The molecule has 0 radical (unpaired) electrons. The zero-order valence-corrected chi connectivity index (χ0v) is 17.9. The Balaban J connectivity index is 1.58. The molecule has 3 heterocycles. The van der Waals surface area contributed by atoms with Crippen LogP contribution in [0.2, 0.25) is 0 Å².